The molecular weight excluding hydrogens is 527 g/mol. The number of hydrogen-bond donors (Lipinski definition) is 1. The summed E-state index contributed by atoms with van der Waals surface area (Å²) in [6, 6.07) is 13.4. The lowest BCUT2D eigenvalue weighted by Crippen LogP contribution is -2.39. The molecule has 0 fully saturated rings. The van der Waals surface area contributed by atoms with Crippen LogP contribution in [0.2, 0.25) is 0 Å². The number of benzene rings is 2. The number of rotatable bonds is 5. The van der Waals surface area contributed by atoms with Crippen molar-refractivity contribution in [1.29, 1.82) is 0 Å². The number of carbonyl (C=O) groups excluding carboxylic acids is 2. The van der Waals surface area contributed by atoms with Crippen LogP contribution in [0, 0.1) is 5.41 Å². The van der Waals surface area contributed by atoms with Gasteiger partial charge in [0, 0.05) is 29.9 Å². The van der Waals surface area contributed by atoms with Gasteiger partial charge < -0.3 is 15.0 Å². The molecule has 1 atom stereocenters. The van der Waals surface area contributed by atoms with Crippen LogP contribution in [0.1, 0.15) is 78.5 Å². The first-order chi connectivity index (χ1) is 18.5. The Labute approximate surface area is 241 Å². The van der Waals surface area contributed by atoms with E-state index in [-0.39, 0.29) is 12.0 Å². The van der Waals surface area contributed by atoms with Gasteiger partial charge >= 0.3 is 6.09 Å². The number of halogens is 1. The molecule has 1 N–H and O–H groups in total. The molecule has 1 heterocycles. The van der Waals surface area contributed by atoms with E-state index in [9.17, 15) is 18.2 Å². The fourth-order valence-electron chi connectivity index (χ4n) is 3.51. The Morgan fingerprint density at radius 1 is 1.05 bits per heavy atom. The Morgan fingerprint density at radius 2 is 1.68 bits per heavy atom. The van der Waals surface area contributed by atoms with E-state index >= 15 is 0 Å². The second-order valence-electron chi connectivity index (χ2n) is 11.8. The Hall–Kier alpha value is -2.87. The summed E-state index contributed by atoms with van der Waals surface area (Å²) in [5, 5.41) is 2.73. The smallest absolute Gasteiger partial charge is 0.410 e. The molecular formula is C32H49FN2O4S. The number of fused-ring (bicyclic) bond motifs is 1. The Bertz CT molecular complexity index is 1230. The van der Waals surface area contributed by atoms with Crippen molar-refractivity contribution < 1.29 is 22.9 Å². The van der Waals surface area contributed by atoms with Gasteiger partial charge in [-0.25, -0.2) is 9.18 Å². The fraction of sp³-hybridized carbons (Fsp3) is 0.531. The van der Waals surface area contributed by atoms with Gasteiger partial charge in [-0.15, -0.1) is 0 Å². The van der Waals surface area contributed by atoms with E-state index in [1.54, 1.807) is 25.0 Å². The second-order valence-corrected chi connectivity index (χ2v) is 14.3. The number of ether oxygens (including phenoxy) is 1. The Kier molecular flexibility index (Phi) is 13.4. The average Bonchev–Trinajstić information content (AvgIpc) is 2.87. The van der Waals surface area contributed by atoms with Crippen molar-refractivity contribution in [3.63, 3.8) is 0 Å². The van der Waals surface area contributed by atoms with Crippen molar-refractivity contribution in [2.24, 2.45) is 5.41 Å². The number of nitrogens with one attached hydrogen (secondary N) is 1. The van der Waals surface area contributed by atoms with E-state index in [0.29, 0.717) is 13.1 Å². The fourth-order valence-corrected chi connectivity index (χ4v) is 4.26. The zero-order valence-corrected chi connectivity index (χ0v) is 26.7. The summed E-state index contributed by atoms with van der Waals surface area (Å²) in [6.45, 7) is 15.5. The first-order valence-electron chi connectivity index (χ1n) is 13.9. The monoisotopic (exact) mass is 576 g/mol. The predicted octanol–water partition coefficient (Wildman–Crippen LogP) is 7.28. The first-order valence-corrected chi connectivity index (χ1v) is 16.0. The SMILES string of the molecule is C=S(C)(=O)c1ccc2c(c1)CN(C(=O)OC(C)(C)C)CC2.CCC.CCc1cccc(NC(=O)C(C)(C)CF)c1. The number of carbonyl (C=O) groups is 2. The normalized spacial score (nSPS) is 14.3. The maximum absolute atomic E-state index is 12.6. The minimum Gasteiger partial charge on any atom is -0.444 e. The highest BCUT2D eigenvalue weighted by Gasteiger charge is 2.28. The molecule has 8 heteroatoms. The molecule has 2 aromatic rings. The van der Waals surface area contributed by atoms with Crippen LogP contribution in [0.15, 0.2) is 47.4 Å². The lowest BCUT2D eigenvalue weighted by Gasteiger charge is -2.31. The number of alkyl halides is 1. The summed E-state index contributed by atoms with van der Waals surface area (Å²) in [5.41, 5.74) is 2.64. The first kappa shape index (κ1) is 35.2. The molecule has 1 aliphatic rings. The highest BCUT2D eigenvalue weighted by Crippen LogP contribution is 2.24. The van der Waals surface area contributed by atoms with Crippen molar-refractivity contribution in [1.82, 2.24) is 4.90 Å². The summed E-state index contributed by atoms with van der Waals surface area (Å²) in [4.78, 5) is 26.3. The van der Waals surface area contributed by atoms with Crippen LogP contribution in [0.25, 0.3) is 0 Å². The van der Waals surface area contributed by atoms with Gasteiger partial charge in [-0.2, -0.15) is 0 Å². The molecule has 0 radical (unpaired) electrons. The number of nitrogens with zero attached hydrogens (tertiary/aromatic N) is 1. The van der Waals surface area contributed by atoms with E-state index in [4.69, 9.17) is 4.74 Å². The predicted molar refractivity (Wildman–Crippen MR) is 166 cm³/mol. The van der Waals surface area contributed by atoms with Gasteiger partial charge in [0.2, 0.25) is 5.91 Å². The van der Waals surface area contributed by atoms with Crippen molar-refractivity contribution >= 4 is 33.1 Å². The van der Waals surface area contributed by atoms with E-state index in [1.807, 2.05) is 70.2 Å². The van der Waals surface area contributed by atoms with Crippen LogP contribution in [0.5, 0.6) is 0 Å². The van der Waals surface area contributed by atoms with Crippen LogP contribution >= 0.6 is 0 Å². The van der Waals surface area contributed by atoms with Crippen LogP contribution in [-0.2, 0) is 38.4 Å². The maximum Gasteiger partial charge on any atom is 0.410 e. The van der Waals surface area contributed by atoms with Gasteiger partial charge in [0.05, 0.1) is 5.41 Å². The topological polar surface area (TPSA) is 75.7 Å². The van der Waals surface area contributed by atoms with Gasteiger partial charge in [0.25, 0.3) is 0 Å². The molecule has 2 amide bonds. The molecule has 2 aromatic carbocycles. The molecule has 6 nitrogen and oxygen atoms in total. The number of anilines is 1. The molecule has 224 valence electrons. The molecule has 0 spiro atoms. The number of aryl methyl sites for hydroxylation is 1. The number of amides is 2. The standard InChI is InChI=1S/C16H23NO3S.C13H18FNO.C3H8/c1-16(2,3)20-15(18)17-9-8-12-6-7-14(21(4,5)19)10-13(12)11-17;1-4-10-6-5-7-11(8-10)15-12(16)13(2,3)9-14;1-3-2/h6-7,10H,4,8-9,11H2,1-3,5H3;5-8H,4,9H2,1-3H3,(H,15,16);3H2,1-2H3. The minimum atomic E-state index is -2.24. The molecule has 0 bridgehead atoms. The third-order valence-electron chi connectivity index (χ3n) is 5.88. The van der Waals surface area contributed by atoms with E-state index < -0.39 is 27.2 Å². The summed E-state index contributed by atoms with van der Waals surface area (Å²) >= 11 is 0. The van der Waals surface area contributed by atoms with Crippen LogP contribution in [0.3, 0.4) is 0 Å². The second kappa shape index (κ2) is 15.2. The summed E-state index contributed by atoms with van der Waals surface area (Å²) in [7, 11) is -2.24. The van der Waals surface area contributed by atoms with Crippen molar-refractivity contribution in [3.8, 4) is 0 Å². The zero-order valence-electron chi connectivity index (χ0n) is 25.9. The van der Waals surface area contributed by atoms with Crippen LogP contribution in [-0.4, -0.2) is 52.1 Å². The third-order valence-corrected chi connectivity index (χ3v) is 7.13. The molecule has 3 rings (SSSR count). The lowest BCUT2D eigenvalue weighted by molar-refractivity contribution is -0.124. The van der Waals surface area contributed by atoms with Gasteiger partial charge in [0.15, 0.2) is 0 Å². The summed E-state index contributed by atoms with van der Waals surface area (Å²) in [5.74, 6) is 3.43. The van der Waals surface area contributed by atoms with Gasteiger partial charge in [0.1, 0.15) is 12.3 Å². The zero-order chi connectivity index (χ0) is 30.7. The van der Waals surface area contributed by atoms with Crippen molar-refractivity contribution in [3.05, 3.63) is 59.2 Å². The highest BCUT2D eigenvalue weighted by atomic mass is 32.2. The van der Waals surface area contributed by atoms with Crippen molar-refractivity contribution in [2.75, 3.05) is 24.8 Å². The highest BCUT2D eigenvalue weighted by molar-refractivity contribution is 7.99. The molecule has 0 aromatic heterocycles. The maximum atomic E-state index is 12.6. The van der Waals surface area contributed by atoms with E-state index in [1.165, 1.54) is 12.0 Å². The molecule has 0 saturated heterocycles. The van der Waals surface area contributed by atoms with Crippen LogP contribution in [0.4, 0.5) is 14.9 Å². The quantitative estimate of drug-likeness (QED) is 0.380. The molecule has 1 unspecified atom stereocenters. The Morgan fingerprint density at radius 3 is 2.20 bits per heavy atom. The molecule has 0 aliphatic carbocycles. The molecule has 40 heavy (non-hydrogen) atoms. The van der Waals surface area contributed by atoms with E-state index in [2.05, 4.69) is 25.0 Å². The van der Waals surface area contributed by atoms with Gasteiger partial charge in [-0.05, 0) is 104 Å². The number of hydrogen-bond acceptors (Lipinski definition) is 4. The summed E-state index contributed by atoms with van der Waals surface area (Å²) in [6.07, 6.45) is 4.28. The average molecular weight is 577 g/mol. The Balaban J connectivity index is 0.000000376. The molecule has 0 saturated carbocycles. The van der Waals surface area contributed by atoms with E-state index in [0.717, 1.165) is 34.6 Å². The lowest BCUT2D eigenvalue weighted by atomic mass is 9.94. The summed E-state index contributed by atoms with van der Waals surface area (Å²) < 4.78 is 30.1. The van der Waals surface area contributed by atoms with Gasteiger partial charge in [-0.1, -0.05) is 45.4 Å². The molecule has 1 aliphatic heterocycles. The van der Waals surface area contributed by atoms with Crippen LogP contribution < -0.4 is 5.32 Å². The van der Waals surface area contributed by atoms with Gasteiger partial charge in [-0.3, -0.25) is 9.00 Å². The largest absolute Gasteiger partial charge is 0.444 e. The third kappa shape index (κ3) is 11.7. The minimum absolute atomic E-state index is 0.289. The van der Waals surface area contributed by atoms with Crippen molar-refractivity contribution in [2.45, 2.75) is 91.7 Å².